The van der Waals surface area contributed by atoms with Crippen LogP contribution < -0.4 is 0 Å². The van der Waals surface area contributed by atoms with Gasteiger partial charge in [-0.05, 0) is 12.5 Å². The van der Waals surface area contributed by atoms with Crippen LogP contribution in [0.3, 0.4) is 0 Å². The van der Waals surface area contributed by atoms with Gasteiger partial charge in [-0.1, -0.05) is 36.4 Å². The molecule has 11 heavy (non-hydrogen) atoms. The quantitative estimate of drug-likeness (QED) is 0.531. The average Bonchev–Trinajstić information content (AvgIpc) is 2.04. The third kappa shape index (κ3) is 1.47. The van der Waals surface area contributed by atoms with Crippen molar-refractivity contribution in [3.63, 3.8) is 0 Å². The average molecular weight is 143 g/mol. The van der Waals surface area contributed by atoms with Crippen molar-refractivity contribution in [2.75, 3.05) is 0 Å². The van der Waals surface area contributed by atoms with E-state index < -0.39 is 0 Å². The molecule has 1 aromatic carbocycles. The Morgan fingerprint density at radius 1 is 1.45 bits per heavy atom. The maximum Gasteiger partial charge on any atom is 0.194 e. The van der Waals surface area contributed by atoms with E-state index in [1.807, 2.05) is 25.1 Å². The number of allylic oxidation sites excluding steroid dienone is 1. The molecule has 0 saturated carbocycles. The predicted molar refractivity (Wildman–Crippen MR) is 47.4 cm³/mol. The second-order valence-corrected chi connectivity index (χ2v) is 2.41. The Morgan fingerprint density at radius 2 is 2.09 bits per heavy atom. The summed E-state index contributed by atoms with van der Waals surface area (Å²) in [5.74, 6) is 0. The lowest BCUT2D eigenvalue weighted by Gasteiger charge is -2.00. The van der Waals surface area contributed by atoms with Crippen molar-refractivity contribution >= 4 is 11.3 Å². The van der Waals surface area contributed by atoms with Crippen molar-refractivity contribution in [3.8, 4) is 0 Å². The third-order valence-electron chi connectivity index (χ3n) is 1.48. The normalized spacial score (nSPS) is 8.73. The Bertz CT molecular complexity index is 318. The summed E-state index contributed by atoms with van der Waals surface area (Å²) < 4.78 is 0. The first-order valence-electron chi connectivity index (χ1n) is 3.38. The summed E-state index contributed by atoms with van der Waals surface area (Å²) in [6, 6.07) is 7.49. The van der Waals surface area contributed by atoms with Crippen molar-refractivity contribution in [1.29, 1.82) is 0 Å². The molecule has 1 rings (SSSR count). The van der Waals surface area contributed by atoms with Crippen molar-refractivity contribution < 1.29 is 0 Å². The van der Waals surface area contributed by atoms with Gasteiger partial charge in [-0.15, -0.1) is 0 Å². The lowest BCUT2D eigenvalue weighted by molar-refractivity contribution is 1.59. The van der Waals surface area contributed by atoms with E-state index >= 15 is 0 Å². The lowest BCUT2D eigenvalue weighted by atomic mass is 10.1. The Hall–Kier alpha value is -1.55. The van der Waals surface area contributed by atoms with Crippen LogP contribution in [0.2, 0.25) is 0 Å². The Labute approximate surface area is 66.8 Å². The number of benzene rings is 1. The molecule has 0 aliphatic carbocycles. The molecular weight excluding hydrogens is 134 g/mol. The molecule has 0 amide bonds. The molecule has 0 saturated heterocycles. The van der Waals surface area contributed by atoms with Gasteiger partial charge in [-0.25, -0.2) is 4.85 Å². The molecule has 1 nitrogen and oxygen atoms in total. The summed E-state index contributed by atoms with van der Waals surface area (Å²) in [4.78, 5) is 3.38. The SMILES string of the molecule is [C-]#[N+]c1ccccc1C(=C)C. The van der Waals surface area contributed by atoms with Crippen molar-refractivity contribution in [2.45, 2.75) is 6.92 Å². The zero-order valence-corrected chi connectivity index (χ0v) is 6.46. The first kappa shape index (κ1) is 7.56. The van der Waals surface area contributed by atoms with E-state index in [-0.39, 0.29) is 0 Å². The van der Waals surface area contributed by atoms with E-state index in [1.165, 1.54) is 0 Å². The van der Waals surface area contributed by atoms with E-state index in [1.54, 1.807) is 6.07 Å². The van der Waals surface area contributed by atoms with Crippen LogP contribution >= 0.6 is 0 Å². The summed E-state index contributed by atoms with van der Waals surface area (Å²) in [7, 11) is 0. The van der Waals surface area contributed by atoms with E-state index in [9.17, 15) is 0 Å². The largest absolute Gasteiger partial charge is 0.238 e. The molecule has 0 unspecified atom stereocenters. The van der Waals surface area contributed by atoms with Crippen molar-refractivity contribution in [2.24, 2.45) is 0 Å². The Morgan fingerprint density at radius 3 is 2.55 bits per heavy atom. The maximum absolute atomic E-state index is 6.86. The fraction of sp³-hybridized carbons (Fsp3) is 0.100. The summed E-state index contributed by atoms with van der Waals surface area (Å²) >= 11 is 0. The fourth-order valence-electron chi connectivity index (χ4n) is 0.932. The number of nitrogens with zero attached hydrogens (tertiary/aromatic N) is 1. The highest BCUT2D eigenvalue weighted by molar-refractivity contribution is 5.74. The smallest absolute Gasteiger partial charge is 0.194 e. The van der Waals surface area contributed by atoms with Crippen LogP contribution in [-0.4, -0.2) is 0 Å². The van der Waals surface area contributed by atoms with E-state index in [4.69, 9.17) is 6.57 Å². The molecule has 0 radical (unpaired) electrons. The van der Waals surface area contributed by atoms with Crippen LogP contribution in [0.15, 0.2) is 30.8 Å². The molecule has 1 heteroatoms. The third-order valence-corrected chi connectivity index (χ3v) is 1.48. The molecule has 0 N–H and O–H groups in total. The highest BCUT2D eigenvalue weighted by Crippen LogP contribution is 2.24. The molecule has 0 fully saturated rings. The molecule has 0 aromatic heterocycles. The number of hydrogen-bond acceptors (Lipinski definition) is 0. The van der Waals surface area contributed by atoms with Gasteiger partial charge in [0.15, 0.2) is 5.69 Å². The molecule has 0 bridgehead atoms. The zero-order valence-electron chi connectivity index (χ0n) is 6.46. The van der Waals surface area contributed by atoms with Crippen molar-refractivity contribution in [3.05, 3.63) is 47.8 Å². The molecule has 0 aliphatic heterocycles. The minimum atomic E-state index is 0.681. The molecular formula is C10H9N. The fourth-order valence-corrected chi connectivity index (χ4v) is 0.932. The van der Waals surface area contributed by atoms with Gasteiger partial charge in [0.05, 0.1) is 6.57 Å². The van der Waals surface area contributed by atoms with Crippen LogP contribution in [0.5, 0.6) is 0 Å². The Kier molecular flexibility index (Phi) is 2.08. The van der Waals surface area contributed by atoms with E-state index in [0.29, 0.717) is 5.69 Å². The minimum Gasteiger partial charge on any atom is -0.238 e. The number of hydrogen-bond donors (Lipinski definition) is 0. The summed E-state index contributed by atoms with van der Waals surface area (Å²) in [6.45, 7) is 12.6. The first-order chi connectivity index (χ1) is 5.25. The molecule has 0 spiro atoms. The van der Waals surface area contributed by atoms with Gasteiger partial charge < -0.3 is 0 Å². The molecule has 0 atom stereocenters. The molecule has 0 aliphatic rings. The zero-order chi connectivity index (χ0) is 8.27. The van der Waals surface area contributed by atoms with E-state index in [0.717, 1.165) is 11.1 Å². The van der Waals surface area contributed by atoms with Gasteiger partial charge in [0.25, 0.3) is 0 Å². The van der Waals surface area contributed by atoms with Crippen LogP contribution in [0.1, 0.15) is 12.5 Å². The summed E-state index contributed by atoms with van der Waals surface area (Å²) in [6.07, 6.45) is 0. The minimum absolute atomic E-state index is 0.681. The lowest BCUT2D eigenvalue weighted by Crippen LogP contribution is -1.75. The monoisotopic (exact) mass is 143 g/mol. The van der Waals surface area contributed by atoms with Gasteiger partial charge in [0, 0.05) is 0 Å². The van der Waals surface area contributed by atoms with Gasteiger partial charge in [0.2, 0.25) is 0 Å². The van der Waals surface area contributed by atoms with Gasteiger partial charge in [-0.2, -0.15) is 0 Å². The highest BCUT2D eigenvalue weighted by Gasteiger charge is 1.98. The Balaban J connectivity index is 3.26. The number of rotatable bonds is 1. The van der Waals surface area contributed by atoms with Gasteiger partial charge in [0.1, 0.15) is 0 Å². The topological polar surface area (TPSA) is 4.36 Å². The van der Waals surface area contributed by atoms with E-state index in [2.05, 4.69) is 11.4 Å². The van der Waals surface area contributed by atoms with Crippen molar-refractivity contribution in [1.82, 2.24) is 0 Å². The second-order valence-electron chi connectivity index (χ2n) is 2.41. The van der Waals surface area contributed by atoms with Crippen LogP contribution in [0.4, 0.5) is 5.69 Å². The summed E-state index contributed by atoms with van der Waals surface area (Å²) in [5, 5.41) is 0. The standard InChI is InChI=1S/C10H9N/c1-8(2)9-6-4-5-7-10(9)11-3/h4-7H,1H2,2H3. The van der Waals surface area contributed by atoms with Gasteiger partial charge >= 0.3 is 0 Å². The highest BCUT2D eigenvalue weighted by atomic mass is 14.6. The van der Waals surface area contributed by atoms with Crippen LogP contribution in [0.25, 0.3) is 10.4 Å². The molecule has 1 aromatic rings. The number of para-hydroxylation sites is 1. The maximum atomic E-state index is 6.86. The molecule has 0 heterocycles. The summed E-state index contributed by atoms with van der Waals surface area (Å²) in [5.41, 5.74) is 2.57. The second kappa shape index (κ2) is 3.03. The van der Waals surface area contributed by atoms with Crippen LogP contribution in [0, 0.1) is 6.57 Å². The van der Waals surface area contributed by atoms with Gasteiger partial charge in [-0.3, -0.25) is 0 Å². The first-order valence-corrected chi connectivity index (χ1v) is 3.38. The predicted octanol–water partition coefficient (Wildman–Crippen LogP) is 3.27. The molecule has 54 valence electrons. The van der Waals surface area contributed by atoms with Crippen LogP contribution in [-0.2, 0) is 0 Å².